The number of nitrogens with zero attached hydrogens (tertiary/aromatic N) is 3. The Kier molecular flexibility index (Phi) is 8.28. The van der Waals surface area contributed by atoms with Gasteiger partial charge in [0.1, 0.15) is 12.3 Å². The van der Waals surface area contributed by atoms with Crippen molar-refractivity contribution in [2.45, 2.75) is 24.9 Å². The van der Waals surface area contributed by atoms with Crippen molar-refractivity contribution in [2.75, 3.05) is 12.3 Å². The van der Waals surface area contributed by atoms with Crippen LogP contribution in [0, 0.1) is 0 Å². The van der Waals surface area contributed by atoms with Gasteiger partial charge in [-0.1, -0.05) is 0 Å². The van der Waals surface area contributed by atoms with Crippen molar-refractivity contribution in [3.8, 4) is 0 Å². The zero-order valence-electron chi connectivity index (χ0n) is 13.5. The first-order valence-electron chi connectivity index (χ1n) is 6.47. The van der Waals surface area contributed by atoms with Gasteiger partial charge in [0.15, 0.2) is 11.2 Å². The number of ether oxygens (including phenoxy) is 1. The molecular formula is C10H12N5Na2O7P. The molecule has 2 aromatic heterocycles. The summed E-state index contributed by atoms with van der Waals surface area (Å²) in [5, 5.41) is 9.24. The Labute approximate surface area is 184 Å². The number of anilines is 1. The molecule has 0 unspecified atom stereocenters. The molecule has 2 aromatic rings. The quantitative estimate of drug-likeness (QED) is 0.333. The Morgan fingerprint density at radius 3 is 2.80 bits per heavy atom. The number of H-pyrrole nitrogens is 1. The van der Waals surface area contributed by atoms with Crippen LogP contribution in [-0.4, -0.2) is 43.4 Å². The van der Waals surface area contributed by atoms with Crippen molar-refractivity contribution in [1.29, 1.82) is 0 Å². The summed E-state index contributed by atoms with van der Waals surface area (Å²) in [6.07, 6.45) is -1.79. The van der Waals surface area contributed by atoms with Gasteiger partial charge in [-0.2, -0.15) is 4.98 Å². The third-order valence-corrected chi connectivity index (χ3v) is 3.91. The summed E-state index contributed by atoms with van der Waals surface area (Å²) in [7, 11) is -5.24. The SMILES string of the molecule is Nc1nc2c(ncn2[C@H]2C[C@H](OP(=O)([O-])[O-])[C@@H](CO)O2)c(=O)[nH]1.[Na+].[Na+]. The minimum absolute atomic E-state index is 0. The molecule has 126 valence electrons. The van der Waals surface area contributed by atoms with E-state index in [9.17, 15) is 24.3 Å². The summed E-state index contributed by atoms with van der Waals surface area (Å²) in [5.41, 5.74) is 5.09. The predicted molar refractivity (Wildman–Crippen MR) is 70.7 cm³/mol. The van der Waals surface area contributed by atoms with Crippen LogP contribution in [-0.2, 0) is 13.8 Å². The van der Waals surface area contributed by atoms with Crippen LogP contribution in [0.2, 0.25) is 0 Å². The fourth-order valence-electron chi connectivity index (χ4n) is 2.47. The molecule has 12 nitrogen and oxygen atoms in total. The van der Waals surface area contributed by atoms with E-state index in [4.69, 9.17) is 10.5 Å². The smallest absolute Gasteiger partial charge is 0.790 e. The van der Waals surface area contributed by atoms with Crippen LogP contribution in [0.25, 0.3) is 11.2 Å². The van der Waals surface area contributed by atoms with Crippen LogP contribution in [0.4, 0.5) is 5.95 Å². The molecule has 0 radical (unpaired) electrons. The maximum absolute atomic E-state index is 11.7. The van der Waals surface area contributed by atoms with E-state index in [2.05, 4.69) is 19.5 Å². The molecular weight excluding hydrogens is 379 g/mol. The van der Waals surface area contributed by atoms with Gasteiger partial charge in [-0.25, -0.2) is 4.98 Å². The van der Waals surface area contributed by atoms with Crippen LogP contribution < -0.4 is 80.2 Å². The third-order valence-electron chi connectivity index (χ3n) is 3.39. The molecule has 0 spiro atoms. The summed E-state index contributed by atoms with van der Waals surface area (Å²) in [6, 6.07) is 0. The van der Waals surface area contributed by atoms with E-state index in [1.165, 1.54) is 10.9 Å². The fourth-order valence-corrected chi connectivity index (χ4v) is 3.02. The van der Waals surface area contributed by atoms with Gasteiger partial charge in [-0.15, -0.1) is 0 Å². The molecule has 1 saturated heterocycles. The van der Waals surface area contributed by atoms with E-state index in [0.29, 0.717) is 0 Å². The monoisotopic (exact) mass is 391 g/mol. The maximum Gasteiger partial charge on any atom is 1.00 e. The second-order valence-electron chi connectivity index (χ2n) is 4.91. The molecule has 3 rings (SSSR count). The molecule has 1 aliphatic rings. The average Bonchev–Trinajstić information content (AvgIpc) is 3.00. The molecule has 3 atom stereocenters. The number of hydrogen-bond acceptors (Lipinski definition) is 10. The van der Waals surface area contributed by atoms with Crippen molar-refractivity contribution in [3.63, 3.8) is 0 Å². The van der Waals surface area contributed by atoms with Crippen LogP contribution in [0.3, 0.4) is 0 Å². The van der Waals surface area contributed by atoms with Gasteiger partial charge in [0.05, 0.1) is 26.9 Å². The van der Waals surface area contributed by atoms with Crippen LogP contribution >= 0.6 is 7.82 Å². The van der Waals surface area contributed by atoms with Gasteiger partial charge >= 0.3 is 59.1 Å². The molecule has 0 aliphatic carbocycles. The number of nitrogens with one attached hydrogen (secondary N) is 1. The Hall–Kier alpha value is 0.180. The van der Waals surface area contributed by atoms with Gasteiger partial charge < -0.3 is 34.5 Å². The molecule has 25 heavy (non-hydrogen) atoms. The zero-order valence-corrected chi connectivity index (χ0v) is 18.4. The molecule has 0 aromatic carbocycles. The second-order valence-corrected chi connectivity index (χ2v) is 6.02. The molecule has 0 amide bonds. The number of rotatable bonds is 4. The van der Waals surface area contributed by atoms with E-state index < -0.39 is 38.4 Å². The largest absolute Gasteiger partial charge is 1.00 e. The summed E-state index contributed by atoms with van der Waals surface area (Å²) < 4.78 is 22.0. The van der Waals surface area contributed by atoms with Crippen molar-refractivity contribution in [2.24, 2.45) is 0 Å². The number of nitrogens with two attached hydrogens (primary N) is 1. The standard InChI is InChI=1S/C10H14N5O7P.2Na/c11-10-13-8-7(9(17)14-10)12-3-15(8)6-1-4(5(2-16)21-6)22-23(18,19)20;;/h3-6,16H,1-2H2,(H2,18,19,20)(H3,11,13,14,17);;/q;2*+1/p-2/t4-,5+,6+;;/m0../s1. The fraction of sp³-hybridized carbons (Fsp3) is 0.500. The normalized spacial score (nSPS) is 23.2. The first-order chi connectivity index (χ1) is 10.8. The topological polar surface area (TPSA) is 191 Å². The van der Waals surface area contributed by atoms with Crippen molar-refractivity contribution in [3.05, 3.63) is 16.7 Å². The van der Waals surface area contributed by atoms with Crippen LogP contribution in [0.15, 0.2) is 11.1 Å². The Morgan fingerprint density at radius 2 is 2.20 bits per heavy atom. The molecule has 0 saturated carbocycles. The Bertz CT molecular complexity index is 839. The number of phosphoric ester groups is 1. The number of aliphatic hydroxyl groups is 1. The minimum atomic E-state index is -5.24. The first-order valence-corrected chi connectivity index (χ1v) is 7.93. The number of aliphatic hydroxyl groups excluding tert-OH is 1. The summed E-state index contributed by atoms with van der Waals surface area (Å²) in [5.74, 6) is -0.127. The van der Waals surface area contributed by atoms with Crippen molar-refractivity contribution in [1.82, 2.24) is 19.5 Å². The molecule has 1 aliphatic heterocycles. The number of fused-ring (bicyclic) bond motifs is 1. The summed E-state index contributed by atoms with van der Waals surface area (Å²) in [6.45, 7) is -0.552. The van der Waals surface area contributed by atoms with Gasteiger partial charge in [0, 0.05) is 6.42 Å². The number of nitrogen functional groups attached to an aromatic ring is 1. The predicted octanol–water partition coefficient (Wildman–Crippen LogP) is -8.80. The molecule has 0 bridgehead atoms. The number of imidazole rings is 1. The number of aromatic nitrogens is 4. The molecule has 15 heteroatoms. The van der Waals surface area contributed by atoms with Crippen molar-refractivity contribution < 1.29 is 87.8 Å². The number of phosphoric acid groups is 1. The molecule has 3 heterocycles. The number of hydrogen-bond donors (Lipinski definition) is 3. The average molecular weight is 391 g/mol. The van der Waals surface area contributed by atoms with E-state index in [1.54, 1.807) is 0 Å². The van der Waals surface area contributed by atoms with E-state index in [0.717, 1.165) is 0 Å². The van der Waals surface area contributed by atoms with Gasteiger partial charge in [-0.3, -0.25) is 14.3 Å². The maximum atomic E-state index is 11.7. The summed E-state index contributed by atoms with van der Waals surface area (Å²) in [4.78, 5) is 43.4. The third kappa shape index (κ3) is 5.12. The summed E-state index contributed by atoms with van der Waals surface area (Å²) >= 11 is 0. The molecule has 1 fully saturated rings. The van der Waals surface area contributed by atoms with Crippen molar-refractivity contribution >= 4 is 24.9 Å². The van der Waals surface area contributed by atoms with E-state index in [1.807, 2.05) is 0 Å². The van der Waals surface area contributed by atoms with E-state index >= 15 is 0 Å². The van der Waals surface area contributed by atoms with E-state index in [-0.39, 0.29) is 82.6 Å². The van der Waals surface area contributed by atoms with Gasteiger partial charge in [0.25, 0.3) is 5.56 Å². The Morgan fingerprint density at radius 1 is 1.52 bits per heavy atom. The molecule has 4 N–H and O–H groups in total. The second kappa shape index (κ2) is 8.91. The number of aromatic amines is 1. The zero-order chi connectivity index (χ0) is 16.8. The Balaban J connectivity index is 0.00000156. The van der Waals surface area contributed by atoms with Crippen LogP contribution in [0.5, 0.6) is 0 Å². The first kappa shape index (κ1) is 23.2. The minimum Gasteiger partial charge on any atom is -0.790 e. The van der Waals surface area contributed by atoms with Gasteiger partial charge in [0.2, 0.25) is 5.95 Å². The van der Waals surface area contributed by atoms with Gasteiger partial charge in [-0.05, 0) is 0 Å². The van der Waals surface area contributed by atoms with Crippen LogP contribution in [0.1, 0.15) is 12.6 Å².